The zero-order chi connectivity index (χ0) is 12.8. The number of benzene rings is 1. The van der Waals surface area contributed by atoms with Gasteiger partial charge in [0.1, 0.15) is 0 Å². The summed E-state index contributed by atoms with van der Waals surface area (Å²) in [6.45, 7) is 7.43. The van der Waals surface area contributed by atoms with E-state index in [1.54, 1.807) is 7.05 Å². The van der Waals surface area contributed by atoms with Gasteiger partial charge in [-0.1, -0.05) is 26.0 Å². The fourth-order valence-electron chi connectivity index (χ4n) is 1.43. The minimum absolute atomic E-state index is 0.0416. The molecule has 3 heteroatoms. The van der Waals surface area contributed by atoms with Crippen LogP contribution in [0.4, 0.5) is 0 Å². The molecule has 1 amide bonds. The first-order valence-corrected chi connectivity index (χ1v) is 6.09. The van der Waals surface area contributed by atoms with Gasteiger partial charge in [0.25, 0.3) is 5.91 Å². The summed E-state index contributed by atoms with van der Waals surface area (Å²) in [6, 6.07) is 8.19. The first-order valence-electron chi connectivity index (χ1n) is 6.09. The summed E-state index contributed by atoms with van der Waals surface area (Å²) in [5, 5.41) is 6.07. The summed E-state index contributed by atoms with van der Waals surface area (Å²) in [4.78, 5) is 11.4. The number of amides is 1. The molecule has 1 aromatic carbocycles. The SMILES string of the molecule is CNC(=O)c1ccc(CNC(C)C(C)C)cc1. The summed E-state index contributed by atoms with van der Waals surface area (Å²) in [5.74, 6) is 0.584. The molecular weight excluding hydrogens is 212 g/mol. The second-order valence-electron chi connectivity index (χ2n) is 4.69. The molecule has 0 spiro atoms. The molecule has 0 aliphatic heterocycles. The summed E-state index contributed by atoms with van der Waals surface area (Å²) in [7, 11) is 1.64. The first kappa shape index (κ1) is 13.7. The van der Waals surface area contributed by atoms with E-state index in [0.717, 1.165) is 6.54 Å². The van der Waals surface area contributed by atoms with Crippen molar-refractivity contribution in [3.8, 4) is 0 Å². The van der Waals surface area contributed by atoms with Crippen LogP contribution in [0.3, 0.4) is 0 Å². The minimum Gasteiger partial charge on any atom is -0.355 e. The Hall–Kier alpha value is -1.35. The maximum Gasteiger partial charge on any atom is 0.251 e. The highest BCUT2D eigenvalue weighted by atomic mass is 16.1. The predicted molar refractivity (Wildman–Crippen MR) is 71.0 cm³/mol. The van der Waals surface area contributed by atoms with Gasteiger partial charge < -0.3 is 10.6 Å². The molecule has 1 atom stereocenters. The molecule has 0 aromatic heterocycles. The summed E-state index contributed by atoms with van der Waals surface area (Å²) in [6.07, 6.45) is 0. The average Bonchev–Trinajstić information content (AvgIpc) is 2.35. The van der Waals surface area contributed by atoms with Crippen LogP contribution in [0.25, 0.3) is 0 Å². The van der Waals surface area contributed by atoms with Gasteiger partial charge in [-0.3, -0.25) is 4.79 Å². The fourth-order valence-corrected chi connectivity index (χ4v) is 1.43. The molecule has 94 valence electrons. The number of nitrogens with one attached hydrogen (secondary N) is 2. The highest BCUT2D eigenvalue weighted by Crippen LogP contribution is 2.06. The van der Waals surface area contributed by atoms with Gasteiger partial charge in [-0.15, -0.1) is 0 Å². The lowest BCUT2D eigenvalue weighted by atomic mass is 10.1. The molecule has 0 radical (unpaired) electrons. The molecule has 0 heterocycles. The van der Waals surface area contributed by atoms with Gasteiger partial charge in [0.15, 0.2) is 0 Å². The number of hydrogen-bond donors (Lipinski definition) is 2. The second kappa shape index (κ2) is 6.40. The number of rotatable bonds is 5. The highest BCUT2D eigenvalue weighted by molar-refractivity contribution is 5.93. The maximum absolute atomic E-state index is 11.4. The van der Waals surface area contributed by atoms with E-state index >= 15 is 0 Å². The summed E-state index contributed by atoms with van der Waals surface area (Å²) in [5.41, 5.74) is 1.90. The Morgan fingerprint density at radius 1 is 1.18 bits per heavy atom. The zero-order valence-corrected chi connectivity index (χ0v) is 11.1. The van der Waals surface area contributed by atoms with Crippen LogP contribution in [0.15, 0.2) is 24.3 Å². The van der Waals surface area contributed by atoms with Crippen molar-refractivity contribution >= 4 is 5.91 Å². The van der Waals surface area contributed by atoms with Crippen molar-refractivity contribution in [2.45, 2.75) is 33.4 Å². The lowest BCUT2D eigenvalue weighted by Gasteiger charge is -2.17. The van der Waals surface area contributed by atoms with Crippen molar-refractivity contribution in [2.24, 2.45) is 5.92 Å². The lowest BCUT2D eigenvalue weighted by molar-refractivity contribution is 0.0963. The van der Waals surface area contributed by atoms with E-state index in [1.165, 1.54) is 5.56 Å². The average molecular weight is 234 g/mol. The lowest BCUT2D eigenvalue weighted by Crippen LogP contribution is -2.30. The van der Waals surface area contributed by atoms with Gasteiger partial charge in [0, 0.05) is 25.2 Å². The molecule has 2 N–H and O–H groups in total. The Morgan fingerprint density at radius 3 is 2.24 bits per heavy atom. The van der Waals surface area contributed by atoms with Gasteiger partial charge >= 0.3 is 0 Å². The van der Waals surface area contributed by atoms with E-state index in [4.69, 9.17) is 0 Å². The maximum atomic E-state index is 11.4. The van der Waals surface area contributed by atoms with Crippen LogP contribution in [0.2, 0.25) is 0 Å². The third kappa shape index (κ3) is 4.19. The number of carbonyl (C=O) groups excluding carboxylic acids is 1. The van der Waals surface area contributed by atoms with Crippen molar-refractivity contribution < 1.29 is 4.79 Å². The molecular formula is C14H22N2O. The molecule has 3 nitrogen and oxygen atoms in total. The van der Waals surface area contributed by atoms with Crippen LogP contribution in [0.1, 0.15) is 36.7 Å². The Morgan fingerprint density at radius 2 is 1.76 bits per heavy atom. The van der Waals surface area contributed by atoms with Gasteiger partial charge in [-0.2, -0.15) is 0 Å². The van der Waals surface area contributed by atoms with Gasteiger partial charge in [0.2, 0.25) is 0 Å². The molecule has 0 saturated carbocycles. The third-order valence-corrected chi connectivity index (χ3v) is 3.07. The second-order valence-corrected chi connectivity index (χ2v) is 4.69. The number of hydrogen-bond acceptors (Lipinski definition) is 2. The Kier molecular flexibility index (Phi) is 5.16. The summed E-state index contributed by atoms with van der Waals surface area (Å²) >= 11 is 0. The monoisotopic (exact) mass is 234 g/mol. The van der Waals surface area contributed by atoms with Crippen LogP contribution in [-0.4, -0.2) is 19.0 Å². The topological polar surface area (TPSA) is 41.1 Å². The van der Waals surface area contributed by atoms with E-state index in [0.29, 0.717) is 17.5 Å². The third-order valence-electron chi connectivity index (χ3n) is 3.07. The van der Waals surface area contributed by atoms with Crippen molar-refractivity contribution in [2.75, 3.05) is 7.05 Å². The quantitative estimate of drug-likeness (QED) is 0.820. The fraction of sp³-hybridized carbons (Fsp3) is 0.500. The highest BCUT2D eigenvalue weighted by Gasteiger charge is 2.06. The van der Waals surface area contributed by atoms with E-state index in [2.05, 4.69) is 31.4 Å². The van der Waals surface area contributed by atoms with Crippen molar-refractivity contribution in [1.82, 2.24) is 10.6 Å². The molecule has 0 aliphatic rings. The van der Waals surface area contributed by atoms with Crippen molar-refractivity contribution in [3.63, 3.8) is 0 Å². The molecule has 0 aliphatic carbocycles. The molecule has 1 rings (SSSR count). The van der Waals surface area contributed by atoms with E-state index in [1.807, 2.05) is 24.3 Å². The molecule has 17 heavy (non-hydrogen) atoms. The van der Waals surface area contributed by atoms with Crippen LogP contribution >= 0.6 is 0 Å². The first-order chi connectivity index (χ1) is 8.04. The Bertz CT molecular complexity index is 357. The number of carbonyl (C=O) groups is 1. The molecule has 0 bridgehead atoms. The molecule has 0 fully saturated rings. The van der Waals surface area contributed by atoms with Gasteiger partial charge in [-0.25, -0.2) is 0 Å². The smallest absolute Gasteiger partial charge is 0.251 e. The van der Waals surface area contributed by atoms with E-state index < -0.39 is 0 Å². The van der Waals surface area contributed by atoms with E-state index in [-0.39, 0.29) is 5.91 Å². The van der Waals surface area contributed by atoms with Crippen LogP contribution in [0.5, 0.6) is 0 Å². The molecule has 0 saturated heterocycles. The van der Waals surface area contributed by atoms with Crippen LogP contribution in [0, 0.1) is 5.92 Å². The van der Waals surface area contributed by atoms with Gasteiger partial charge in [-0.05, 0) is 30.5 Å². The summed E-state index contributed by atoms with van der Waals surface area (Å²) < 4.78 is 0. The Labute approximate surface area is 104 Å². The molecule has 1 aromatic rings. The van der Waals surface area contributed by atoms with Crippen molar-refractivity contribution in [3.05, 3.63) is 35.4 Å². The van der Waals surface area contributed by atoms with Gasteiger partial charge in [0.05, 0.1) is 0 Å². The van der Waals surface area contributed by atoms with Crippen LogP contribution in [-0.2, 0) is 6.54 Å². The minimum atomic E-state index is -0.0416. The standard InChI is InChI=1S/C14H22N2O/c1-10(2)11(3)16-9-12-5-7-13(8-6-12)14(17)15-4/h5-8,10-11,16H,9H2,1-4H3,(H,15,17). The van der Waals surface area contributed by atoms with Crippen LogP contribution < -0.4 is 10.6 Å². The zero-order valence-electron chi connectivity index (χ0n) is 11.1. The van der Waals surface area contributed by atoms with Crippen molar-refractivity contribution in [1.29, 1.82) is 0 Å². The normalized spacial score (nSPS) is 12.5. The largest absolute Gasteiger partial charge is 0.355 e. The Balaban J connectivity index is 2.54. The van der Waals surface area contributed by atoms with E-state index in [9.17, 15) is 4.79 Å². The molecule has 1 unspecified atom stereocenters. The predicted octanol–water partition coefficient (Wildman–Crippen LogP) is 2.18.